The number of rotatable bonds is 17. The summed E-state index contributed by atoms with van der Waals surface area (Å²) in [5, 5.41) is 67.5. The summed E-state index contributed by atoms with van der Waals surface area (Å²) in [6.45, 7) is 0. The fourth-order valence-corrected chi connectivity index (χ4v) is 14.3. The summed E-state index contributed by atoms with van der Waals surface area (Å²) >= 11 is 0. The van der Waals surface area contributed by atoms with Gasteiger partial charge in [-0.3, -0.25) is 36.4 Å². The van der Waals surface area contributed by atoms with Crippen LogP contribution in [0, 0.1) is 0 Å². The van der Waals surface area contributed by atoms with E-state index < -0.39 is 227 Å². The number of phenols is 3. The van der Waals surface area contributed by atoms with Crippen LogP contribution in [0.15, 0.2) is 183 Å². The number of hydrogen-bond acceptors (Lipinski definition) is 29. The molecule has 0 spiro atoms. The molecular weight excluding hydrogens is 1410 g/mol. The van der Waals surface area contributed by atoms with Gasteiger partial charge in [-0.2, -0.15) is 67.3 Å². The highest BCUT2D eigenvalue weighted by molar-refractivity contribution is 7.88. The Balaban J connectivity index is 1.22. The SMILES string of the molecule is Nc1c(/N=N\c2cc3c(O)c(/N=N\c4ccc(S(=O)(=O)O)c5ccccc45)c(S(=O)(=O)O)cc3cc2S(=O)(=O)O)cc(S(=O)(=O)O)c2cc(S(=O)(=O)O)c(/N=N\c3ccc4c(O)c(/N=N\c5ccc(S(=O)(=O)O)cc5C(=O)O)c(S(=O)(=O)O)cc4c3S(=O)(=O)O)c(O)c12. The van der Waals surface area contributed by atoms with E-state index in [0.29, 0.717) is 54.6 Å². The van der Waals surface area contributed by atoms with Gasteiger partial charge in [0.15, 0.2) is 17.2 Å². The molecule has 0 saturated carbocycles. The zero-order chi connectivity index (χ0) is 69.0. The number of carboxylic acid groups (broad SMARTS) is 1. The third kappa shape index (κ3) is 13.3. The lowest BCUT2D eigenvalue weighted by Gasteiger charge is -2.15. The van der Waals surface area contributed by atoms with Gasteiger partial charge in [-0.15, -0.1) is 40.9 Å². The first-order valence-electron chi connectivity index (χ1n) is 23.8. The van der Waals surface area contributed by atoms with E-state index in [1.165, 1.54) is 24.3 Å². The highest BCUT2D eigenvalue weighted by atomic mass is 32.2. The van der Waals surface area contributed by atoms with Gasteiger partial charge in [-0.05, 0) is 84.2 Å². The van der Waals surface area contributed by atoms with Crippen LogP contribution in [0.3, 0.4) is 0 Å². The molecule has 0 atom stereocenters. The molecular formula is C47H31N9O29S8. The molecule has 0 unspecified atom stereocenters. The highest BCUT2D eigenvalue weighted by Gasteiger charge is 2.33. The van der Waals surface area contributed by atoms with E-state index in [1.54, 1.807) is 0 Å². The number of carboxylic acids is 1. The van der Waals surface area contributed by atoms with E-state index in [0.717, 1.165) is 12.1 Å². The molecule has 9 aromatic carbocycles. The van der Waals surface area contributed by atoms with Crippen LogP contribution in [0.4, 0.5) is 51.2 Å². The Morgan fingerprint density at radius 3 is 1.30 bits per heavy atom. The number of carbonyl (C=O) groups is 1. The van der Waals surface area contributed by atoms with Crippen LogP contribution in [-0.4, -0.2) is 130 Å². The predicted molar refractivity (Wildman–Crippen MR) is 314 cm³/mol. The van der Waals surface area contributed by atoms with Crippen molar-refractivity contribution in [1.29, 1.82) is 0 Å². The summed E-state index contributed by atoms with van der Waals surface area (Å²) in [6, 6.07) is 12.3. The number of azo groups is 4. The van der Waals surface area contributed by atoms with Crippen LogP contribution in [0.5, 0.6) is 17.2 Å². The van der Waals surface area contributed by atoms with Crippen molar-refractivity contribution in [2.75, 3.05) is 5.73 Å². The fraction of sp³-hybridized carbons (Fsp3) is 0. The molecule has 0 aliphatic carbocycles. The second-order valence-corrected chi connectivity index (χ2v) is 29.8. The van der Waals surface area contributed by atoms with Crippen LogP contribution >= 0.6 is 0 Å². The van der Waals surface area contributed by atoms with Crippen molar-refractivity contribution >= 4 is 181 Å². The molecule has 0 heterocycles. The molecule has 0 aliphatic rings. The number of anilines is 1. The first-order valence-corrected chi connectivity index (χ1v) is 35.4. The molecule has 9 rings (SSSR count). The molecule has 14 N–H and O–H groups in total. The average Bonchev–Trinajstić information content (AvgIpc) is 0.749. The second-order valence-electron chi connectivity index (χ2n) is 18.7. The maximum Gasteiger partial charge on any atom is 0.338 e. The van der Waals surface area contributed by atoms with Crippen molar-refractivity contribution in [3.8, 4) is 17.2 Å². The maximum atomic E-state index is 13.1. The normalized spacial score (nSPS) is 13.5. The van der Waals surface area contributed by atoms with E-state index in [2.05, 4.69) is 40.9 Å². The highest BCUT2D eigenvalue weighted by Crippen LogP contribution is 2.51. The van der Waals surface area contributed by atoms with Gasteiger partial charge in [0.1, 0.15) is 74.1 Å². The lowest BCUT2D eigenvalue weighted by Crippen LogP contribution is -2.04. The standard InChI is InChI=1S/C47H31N9O29S8/c48-39-31(53-52-30-14-23-18(11-34(30)89(71,72)73)12-35(90(74,75)76)40(44(23)58)54-49-27-9-10-32(87(65,66)67)21-4-2-1-3-20(21)27)17-33(88(68,69)70)26-16-37(92(80,81)82)42(45(59)38(26)39)56-51-29-8-6-22-24(46(29)93(83,84)85)15-36(91(77,78)79)41(43(22)57)55-50-28-7-5-19(86(62,63)64)13-25(28)47(60)61/h1-17,57-59H,48H2,(H,60,61)(H,62,63,64)(H,65,66,67)(H,68,69,70)(H,71,72,73)(H,74,75,76)(H,77,78,79)(H,80,81,82)(H,83,84,85)/b53-52-,54-49-,55-50-,56-51-. The Morgan fingerprint density at radius 1 is 0.333 bits per heavy atom. The van der Waals surface area contributed by atoms with Crippen molar-refractivity contribution in [1.82, 2.24) is 0 Å². The third-order valence-corrected chi connectivity index (χ3v) is 20.0. The molecule has 0 radical (unpaired) electrons. The zero-order valence-corrected chi connectivity index (χ0v) is 51.1. The van der Waals surface area contributed by atoms with Gasteiger partial charge in [0, 0.05) is 32.3 Å². The predicted octanol–water partition coefficient (Wildman–Crippen LogP) is 8.33. The van der Waals surface area contributed by atoms with Crippen LogP contribution in [0.25, 0.3) is 43.1 Å². The first-order chi connectivity index (χ1) is 42.7. The summed E-state index contributed by atoms with van der Waals surface area (Å²) in [7, 11) is -44.2. The second kappa shape index (κ2) is 23.2. The van der Waals surface area contributed by atoms with Gasteiger partial charge < -0.3 is 26.2 Å². The first kappa shape index (κ1) is 67.8. The Kier molecular flexibility index (Phi) is 16.9. The molecule has 0 aromatic heterocycles. The Bertz CT molecular complexity index is 6010. The summed E-state index contributed by atoms with van der Waals surface area (Å²) < 4.78 is 284. The van der Waals surface area contributed by atoms with Gasteiger partial charge in [-0.25, -0.2) is 4.79 Å². The van der Waals surface area contributed by atoms with E-state index >= 15 is 0 Å². The monoisotopic (exact) mass is 1440 g/mol. The van der Waals surface area contributed by atoms with E-state index in [9.17, 15) is 129 Å². The summed E-state index contributed by atoms with van der Waals surface area (Å²) in [4.78, 5) is 1.51. The minimum Gasteiger partial charge on any atom is -0.505 e. The number of aromatic hydroxyl groups is 3. The topological polar surface area (TPSA) is 658 Å². The smallest absolute Gasteiger partial charge is 0.338 e. The number of hydrogen-bond donors (Lipinski definition) is 13. The van der Waals surface area contributed by atoms with Gasteiger partial charge in [0.05, 0.1) is 27.2 Å². The summed E-state index contributed by atoms with van der Waals surface area (Å²) in [5.74, 6) is -6.28. The van der Waals surface area contributed by atoms with Gasteiger partial charge in [0.25, 0.3) is 80.9 Å². The Morgan fingerprint density at radius 2 is 0.774 bits per heavy atom. The van der Waals surface area contributed by atoms with Gasteiger partial charge >= 0.3 is 5.97 Å². The van der Waals surface area contributed by atoms with Crippen molar-refractivity contribution in [2.24, 2.45) is 40.9 Å². The molecule has 46 heteroatoms. The number of nitrogens with two attached hydrogens (primary N) is 1. The molecule has 0 fully saturated rings. The van der Waals surface area contributed by atoms with Gasteiger partial charge in [-0.1, -0.05) is 24.3 Å². The largest absolute Gasteiger partial charge is 0.505 e. The Labute approximate surface area is 518 Å². The fourth-order valence-electron chi connectivity index (χ4n) is 8.98. The van der Waals surface area contributed by atoms with Crippen molar-refractivity contribution in [2.45, 2.75) is 39.2 Å². The molecule has 38 nitrogen and oxygen atoms in total. The molecule has 93 heavy (non-hydrogen) atoms. The number of nitrogens with zero attached hydrogens (tertiary/aromatic N) is 8. The van der Waals surface area contributed by atoms with E-state index in [-0.39, 0.29) is 28.6 Å². The van der Waals surface area contributed by atoms with Crippen LogP contribution in [-0.2, 0) is 80.9 Å². The molecule has 9 aromatic rings. The molecule has 0 saturated heterocycles. The molecule has 0 bridgehead atoms. The zero-order valence-electron chi connectivity index (χ0n) is 44.5. The van der Waals surface area contributed by atoms with Gasteiger partial charge in [0.2, 0.25) is 0 Å². The number of aromatic carboxylic acids is 1. The van der Waals surface area contributed by atoms with Crippen LogP contribution < -0.4 is 5.73 Å². The van der Waals surface area contributed by atoms with Crippen LogP contribution in [0.2, 0.25) is 0 Å². The quantitative estimate of drug-likeness (QED) is 0.0231. The van der Waals surface area contributed by atoms with Crippen molar-refractivity contribution < 1.29 is 129 Å². The average molecular weight is 1440 g/mol. The number of benzene rings is 9. The van der Waals surface area contributed by atoms with Crippen molar-refractivity contribution in [3.63, 3.8) is 0 Å². The molecule has 0 amide bonds. The van der Waals surface area contributed by atoms with E-state index in [1.807, 2.05) is 0 Å². The molecule has 486 valence electrons. The van der Waals surface area contributed by atoms with E-state index in [4.69, 9.17) is 5.73 Å². The Hall–Kier alpha value is -9.63. The summed E-state index contributed by atoms with van der Waals surface area (Å²) in [6.07, 6.45) is 0. The minimum atomic E-state index is -5.88. The lowest BCUT2D eigenvalue weighted by molar-refractivity contribution is 0.0697. The van der Waals surface area contributed by atoms with Crippen molar-refractivity contribution in [3.05, 3.63) is 109 Å². The third-order valence-electron chi connectivity index (χ3n) is 12.9. The molecule has 0 aliphatic heterocycles. The minimum absolute atomic E-state index is 0.0271. The van der Waals surface area contributed by atoms with Crippen LogP contribution in [0.1, 0.15) is 10.4 Å². The maximum absolute atomic E-state index is 13.1. The number of nitrogen functional groups attached to an aromatic ring is 1. The number of fused-ring (bicyclic) bond motifs is 4. The lowest BCUT2D eigenvalue weighted by atomic mass is 10.0. The summed E-state index contributed by atoms with van der Waals surface area (Å²) in [5.41, 5.74) is -4.09. The number of phenolic OH excluding ortho intramolecular Hbond substituents is 3.